The Kier molecular flexibility index (Phi) is 9.10. The van der Waals surface area contributed by atoms with Gasteiger partial charge in [-0.25, -0.2) is 4.98 Å². The second-order valence-electron chi connectivity index (χ2n) is 10.3. The van der Waals surface area contributed by atoms with Crippen LogP contribution in [0.25, 0.3) is 0 Å². The van der Waals surface area contributed by atoms with Gasteiger partial charge in [0.15, 0.2) is 0 Å². The van der Waals surface area contributed by atoms with Crippen LogP contribution in [0.4, 0.5) is 11.8 Å². The fourth-order valence-electron chi connectivity index (χ4n) is 5.19. The van der Waals surface area contributed by atoms with Gasteiger partial charge in [0, 0.05) is 30.4 Å². The number of nitrogens with zero attached hydrogens (tertiary/aromatic N) is 3. The summed E-state index contributed by atoms with van der Waals surface area (Å²) in [5.74, 6) is 1.30. The second kappa shape index (κ2) is 12.5. The minimum absolute atomic E-state index is 0.202. The van der Waals surface area contributed by atoms with E-state index in [9.17, 15) is 5.11 Å². The molecule has 2 fully saturated rings. The molecule has 1 saturated heterocycles. The molecule has 1 atom stereocenters. The third kappa shape index (κ3) is 7.24. The predicted octanol–water partition coefficient (Wildman–Crippen LogP) is 5.19. The van der Waals surface area contributed by atoms with E-state index in [0.717, 1.165) is 50.6 Å². The molecule has 4 N–H and O–H groups in total. The number of piperidine rings is 1. The molecule has 7 nitrogen and oxygen atoms in total. The van der Waals surface area contributed by atoms with E-state index in [0.29, 0.717) is 23.0 Å². The molecule has 4 rings (SSSR count). The molecule has 0 radical (unpaired) electrons. The van der Waals surface area contributed by atoms with E-state index in [1.165, 1.54) is 37.9 Å². The first-order valence-corrected chi connectivity index (χ1v) is 13.5. The zero-order chi connectivity index (χ0) is 24.6. The maximum absolute atomic E-state index is 9.90. The van der Waals surface area contributed by atoms with Crippen LogP contribution in [0.5, 0.6) is 0 Å². The third-order valence-corrected chi connectivity index (χ3v) is 7.29. The summed E-state index contributed by atoms with van der Waals surface area (Å²) in [4.78, 5) is 11.9. The van der Waals surface area contributed by atoms with Crippen molar-refractivity contribution >= 4 is 17.5 Å². The Bertz CT molecular complexity index is 948. The Balaban J connectivity index is 1.51. The lowest BCUT2D eigenvalue weighted by Crippen LogP contribution is -2.29. The molecule has 7 heteroatoms. The first-order valence-electron chi connectivity index (χ1n) is 13.5. The zero-order valence-corrected chi connectivity index (χ0v) is 21.4. The van der Waals surface area contributed by atoms with Crippen molar-refractivity contribution in [3.63, 3.8) is 0 Å². The molecular formula is C28H42N6O. The summed E-state index contributed by atoms with van der Waals surface area (Å²) in [5, 5.41) is 25.9. The lowest BCUT2D eigenvalue weighted by atomic mass is 9.93. The maximum atomic E-state index is 9.90. The van der Waals surface area contributed by atoms with E-state index >= 15 is 0 Å². The number of benzene rings is 1. The van der Waals surface area contributed by atoms with E-state index in [1.54, 1.807) is 6.20 Å². The predicted molar refractivity (Wildman–Crippen MR) is 143 cm³/mol. The number of rotatable bonds is 10. The standard InChI is InChI=1S/C28H42N6O/c1-3-7-20(2)31-28-30-18-25(27(33-28)32-23-12-14-24(35)15-13-23)26(29)22-10-8-21(9-11-22)19-34-16-5-4-6-17-34/h8-11,18,20,23-24,29,35H,3-7,12-17,19H2,1-2H3,(H2,30,31,32,33). The van der Waals surface area contributed by atoms with Gasteiger partial charge in [-0.15, -0.1) is 0 Å². The SMILES string of the molecule is CCCC(C)Nc1ncc(C(=N)c2ccc(CN3CCCCC3)cc2)c(NC2CCC(O)CC2)n1. The van der Waals surface area contributed by atoms with Crippen molar-refractivity contribution in [2.75, 3.05) is 23.7 Å². The highest BCUT2D eigenvalue weighted by Gasteiger charge is 2.22. The molecule has 1 aliphatic heterocycles. The van der Waals surface area contributed by atoms with Gasteiger partial charge in [-0.05, 0) is 70.5 Å². The number of anilines is 2. The van der Waals surface area contributed by atoms with Crippen LogP contribution in [0.3, 0.4) is 0 Å². The summed E-state index contributed by atoms with van der Waals surface area (Å²) in [6.45, 7) is 7.65. The molecular weight excluding hydrogens is 436 g/mol. The molecule has 2 aliphatic rings. The summed E-state index contributed by atoms with van der Waals surface area (Å²) in [7, 11) is 0. The summed E-state index contributed by atoms with van der Waals surface area (Å²) >= 11 is 0. The van der Waals surface area contributed by atoms with Crippen LogP contribution in [0.1, 0.15) is 88.3 Å². The molecule has 0 bridgehead atoms. The summed E-state index contributed by atoms with van der Waals surface area (Å²) < 4.78 is 0. The number of aliphatic hydroxyl groups is 1. The molecule has 0 spiro atoms. The van der Waals surface area contributed by atoms with E-state index in [1.807, 2.05) is 0 Å². The number of hydrogen-bond donors (Lipinski definition) is 4. The van der Waals surface area contributed by atoms with Gasteiger partial charge in [-0.1, -0.05) is 44.0 Å². The average Bonchev–Trinajstić information content (AvgIpc) is 2.86. The Hall–Kier alpha value is -2.51. The Morgan fingerprint density at radius 2 is 1.83 bits per heavy atom. The minimum atomic E-state index is -0.202. The van der Waals surface area contributed by atoms with Crippen LogP contribution >= 0.6 is 0 Å². The Morgan fingerprint density at radius 3 is 2.51 bits per heavy atom. The van der Waals surface area contributed by atoms with Crippen LogP contribution < -0.4 is 10.6 Å². The molecule has 1 saturated carbocycles. The second-order valence-corrected chi connectivity index (χ2v) is 10.3. The molecule has 190 valence electrons. The lowest BCUT2D eigenvalue weighted by Gasteiger charge is -2.27. The van der Waals surface area contributed by atoms with Gasteiger partial charge in [0.2, 0.25) is 5.95 Å². The Labute approximate surface area is 210 Å². The molecule has 1 aliphatic carbocycles. The van der Waals surface area contributed by atoms with E-state index in [4.69, 9.17) is 10.4 Å². The summed E-state index contributed by atoms with van der Waals surface area (Å²) in [6.07, 6.45) is 11.0. The van der Waals surface area contributed by atoms with Crippen molar-refractivity contribution in [2.45, 2.75) is 96.4 Å². The van der Waals surface area contributed by atoms with E-state index in [2.05, 4.69) is 58.6 Å². The van der Waals surface area contributed by atoms with Crippen molar-refractivity contribution in [2.24, 2.45) is 0 Å². The van der Waals surface area contributed by atoms with Gasteiger partial charge < -0.3 is 15.7 Å². The fourth-order valence-corrected chi connectivity index (χ4v) is 5.19. The number of hydrogen-bond acceptors (Lipinski definition) is 7. The molecule has 35 heavy (non-hydrogen) atoms. The molecule has 0 amide bonds. The highest BCUT2D eigenvalue weighted by atomic mass is 16.3. The smallest absolute Gasteiger partial charge is 0.224 e. The average molecular weight is 479 g/mol. The van der Waals surface area contributed by atoms with Gasteiger partial charge in [-0.3, -0.25) is 10.3 Å². The van der Waals surface area contributed by atoms with Crippen LogP contribution in [0.15, 0.2) is 30.5 Å². The van der Waals surface area contributed by atoms with Gasteiger partial charge >= 0.3 is 0 Å². The minimum Gasteiger partial charge on any atom is -0.393 e. The Morgan fingerprint density at radius 1 is 1.11 bits per heavy atom. The van der Waals surface area contributed by atoms with E-state index < -0.39 is 0 Å². The normalized spacial score (nSPS) is 21.9. The van der Waals surface area contributed by atoms with Crippen molar-refractivity contribution in [3.8, 4) is 0 Å². The van der Waals surface area contributed by atoms with Crippen molar-refractivity contribution in [1.29, 1.82) is 5.41 Å². The van der Waals surface area contributed by atoms with Crippen molar-refractivity contribution in [1.82, 2.24) is 14.9 Å². The fraction of sp³-hybridized carbons (Fsp3) is 0.607. The van der Waals surface area contributed by atoms with Crippen LogP contribution in [-0.2, 0) is 6.54 Å². The summed E-state index contributed by atoms with van der Waals surface area (Å²) in [6, 6.07) is 8.94. The highest BCUT2D eigenvalue weighted by molar-refractivity contribution is 6.13. The van der Waals surface area contributed by atoms with Crippen molar-refractivity contribution < 1.29 is 5.11 Å². The maximum Gasteiger partial charge on any atom is 0.224 e. The van der Waals surface area contributed by atoms with Crippen molar-refractivity contribution in [3.05, 3.63) is 47.2 Å². The molecule has 1 aromatic carbocycles. The first-order chi connectivity index (χ1) is 17.0. The first kappa shape index (κ1) is 25.6. The number of nitrogens with one attached hydrogen (secondary N) is 3. The largest absolute Gasteiger partial charge is 0.393 e. The van der Waals surface area contributed by atoms with E-state index in [-0.39, 0.29) is 18.2 Å². The van der Waals surface area contributed by atoms with Gasteiger partial charge in [-0.2, -0.15) is 4.98 Å². The molecule has 1 aromatic heterocycles. The van der Waals surface area contributed by atoms with Gasteiger partial charge in [0.1, 0.15) is 5.82 Å². The highest BCUT2D eigenvalue weighted by Crippen LogP contribution is 2.25. The topological polar surface area (TPSA) is 97.2 Å². The zero-order valence-electron chi connectivity index (χ0n) is 21.4. The lowest BCUT2D eigenvalue weighted by molar-refractivity contribution is 0.126. The van der Waals surface area contributed by atoms with Gasteiger partial charge in [0.25, 0.3) is 0 Å². The van der Waals surface area contributed by atoms with Crippen LogP contribution in [0, 0.1) is 5.41 Å². The number of aliphatic hydroxyl groups excluding tert-OH is 1. The molecule has 2 aromatic rings. The van der Waals surface area contributed by atoms with Gasteiger partial charge in [0.05, 0.1) is 17.4 Å². The number of likely N-dealkylation sites (tertiary alicyclic amines) is 1. The summed E-state index contributed by atoms with van der Waals surface area (Å²) in [5.41, 5.74) is 3.32. The molecule has 1 unspecified atom stereocenters. The number of aromatic nitrogens is 2. The molecule has 2 heterocycles. The van der Waals surface area contributed by atoms with Crippen LogP contribution in [-0.4, -0.2) is 57.0 Å². The monoisotopic (exact) mass is 478 g/mol. The third-order valence-electron chi connectivity index (χ3n) is 7.29. The quantitative estimate of drug-likeness (QED) is 0.351. The van der Waals surface area contributed by atoms with Crippen LogP contribution in [0.2, 0.25) is 0 Å².